The number of nitrogens with one attached hydrogen (secondary N) is 2. The number of halogens is 3. The lowest BCUT2D eigenvalue weighted by molar-refractivity contribution is -0.191. The summed E-state index contributed by atoms with van der Waals surface area (Å²) in [5, 5.41) is 0. The Bertz CT molecular complexity index is 475. The Morgan fingerprint density at radius 1 is 1.23 bits per heavy atom. The van der Waals surface area contributed by atoms with Gasteiger partial charge in [0, 0.05) is 19.4 Å². The van der Waals surface area contributed by atoms with Gasteiger partial charge in [0.1, 0.15) is 6.54 Å². The van der Waals surface area contributed by atoms with E-state index in [1.807, 2.05) is 0 Å². The smallest absolute Gasteiger partial charge is 0.347 e. The third kappa shape index (κ3) is 5.34. The van der Waals surface area contributed by atoms with E-state index < -0.39 is 34.8 Å². The Labute approximate surface area is 127 Å². The van der Waals surface area contributed by atoms with Gasteiger partial charge in [-0.15, -0.1) is 0 Å². The molecule has 1 aliphatic heterocycles. The van der Waals surface area contributed by atoms with Gasteiger partial charge in [-0.3, -0.25) is 0 Å². The summed E-state index contributed by atoms with van der Waals surface area (Å²) in [5.74, 6) is -0.0379. The van der Waals surface area contributed by atoms with Crippen LogP contribution >= 0.6 is 0 Å². The number of rotatable bonds is 5. The van der Waals surface area contributed by atoms with Crippen LogP contribution in [0, 0.1) is 5.92 Å². The van der Waals surface area contributed by atoms with Gasteiger partial charge in [0.05, 0.1) is 12.7 Å². The minimum absolute atomic E-state index is 0.121. The fourth-order valence-corrected chi connectivity index (χ4v) is 3.47. The molecule has 130 valence electrons. The monoisotopic (exact) mass is 346 g/mol. The average molecular weight is 346 g/mol. The SMILES string of the molecule is CC1CCC2(CC1)OC[C@H](CNS(=O)(=O)NCC(F)(F)F)O2. The zero-order chi connectivity index (χ0) is 16.4. The molecule has 10 heteroatoms. The average Bonchev–Trinajstić information content (AvgIpc) is 2.81. The van der Waals surface area contributed by atoms with Gasteiger partial charge in [-0.05, 0) is 18.8 Å². The van der Waals surface area contributed by atoms with Crippen LogP contribution in [0.15, 0.2) is 0 Å². The molecule has 2 rings (SSSR count). The molecule has 0 aromatic carbocycles. The molecule has 1 saturated carbocycles. The number of alkyl halides is 3. The van der Waals surface area contributed by atoms with Crippen molar-refractivity contribution in [3.63, 3.8) is 0 Å². The van der Waals surface area contributed by atoms with Crippen LogP contribution in [0.4, 0.5) is 13.2 Å². The maximum absolute atomic E-state index is 12.0. The van der Waals surface area contributed by atoms with Gasteiger partial charge in [-0.2, -0.15) is 31.0 Å². The fourth-order valence-electron chi connectivity index (χ4n) is 2.61. The summed E-state index contributed by atoms with van der Waals surface area (Å²) in [6.07, 6.45) is -1.62. The molecule has 1 atom stereocenters. The minimum atomic E-state index is -4.59. The van der Waals surface area contributed by atoms with Crippen molar-refractivity contribution in [2.45, 2.75) is 50.7 Å². The molecule has 1 heterocycles. The van der Waals surface area contributed by atoms with Gasteiger partial charge in [0.2, 0.25) is 0 Å². The molecule has 0 aromatic heterocycles. The van der Waals surface area contributed by atoms with Crippen LogP contribution in [0.2, 0.25) is 0 Å². The quantitative estimate of drug-likeness (QED) is 0.787. The summed E-state index contributed by atoms with van der Waals surface area (Å²) in [7, 11) is -4.21. The van der Waals surface area contributed by atoms with Crippen LogP contribution in [0.5, 0.6) is 0 Å². The van der Waals surface area contributed by atoms with Crippen molar-refractivity contribution in [3.8, 4) is 0 Å². The second-order valence-electron chi connectivity index (χ2n) is 5.93. The third-order valence-corrected chi connectivity index (χ3v) is 4.98. The summed E-state index contributed by atoms with van der Waals surface area (Å²) in [5.41, 5.74) is 0. The highest BCUT2D eigenvalue weighted by atomic mass is 32.2. The summed E-state index contributed by atoms with van der Waals surface area (Å²) in [6, 6.07) is 0. The molecule has 1 saturated heterocycles. The first kappa shape index (κ1) is 17.9. The summed E-state index contributed by atoms with van der Waals surface area (Å²) in [4.78, 5) is 0. The van der Waals surface area contributed by atoms with Gasteiger partial charge in [-0.1, -0.05) is 6.92 Å². The molecular formula is C12H21F3N2O4S. The van der Waals surface area contributed by atoms with E-state index in [0.29, 0.717) is 5.92 Å². The Balaban J connectivity index is 1.76. The number of hydrogen-bond donors (Lipinski definition) is 2. The van der Waals surface area contributed by atoms with Crippen molar-refractivity contribution >= 4 is 10.2 Å². The van der Waals surface area contributed by atoms with Crippen molar-refractivity contribution < 1.29 is 31.1 Å². The Hall–Kier alpha value is -0.420. The van der Waals surface area contributed by atoms with Crippen molar-refractivity contribution in [1.82, 2.24) is 9.44 Å². The zero-order valence-corrected chi connectivity index (χ0v) is 13.1. The Kier molecular flexibility index (Phi) is 5.38. The van der Waals surface area contributed by atoms with Crippen LogP contribution in [0.1, 0.15) is 32.6 Å². The van der Waals surface area contributed by atoms with Crippen molar-refractivity contribution in [2.24, 2.45) is 5.92 Å². The predicted molar refractivity (Wildman–Crippen MR) is 72.2 cm³/mol. The third-order valence-electron chi connectivity index (χ3n) is 3.91. The molecule has 2 aliphatic rings. The molecule has 0 radical (unpaired) electrons. The molecule has 2 N–H and O–H groups in total. The molecule has 0 bridgehead atoms. The van der Waals surface area contributed by atoms with Crippen molar-refractivity contribution in [1.29, 1.82) is 0 Å². The Morgan fingerprint density at radius 2 is 1.86 bits per heavy atom. The first-order valence-electron chi connectivity index (χ1n) is 7.22. The van der Waals surface area contributed by atoms with Crippen molar-refractivity contribution in [2.75, 3.05) is 19.7 Å². The summed E-state index contributed by atoms with van der Waals surface area (Å²) < 4.78 is 73.8. The van der Waals surface area contributed by atoms with Crippen molar-refractivity contribution in [3.05, 3.63) is 0 Å². The fraction of sp³-hybridized carbons (Fsp3) is 1.00. The first-order chi connectivity index (χ1) is 10.1. The van der Waals surface area contributed by atoms with Crippen LogP contribution in [0.25, 0.3) is 0 Å². The number of hydrogen-bond acceptors (Lipinski definition) is 4. The van der Waals surface area contributed by atoms with Gasteiger partial charge in [0.25, 0.3) is 10.2 Å². The lowest BCUT2D eigenvalue weighted by Gasteiger charge is -2.34. The first-order valence-corrected chi connectivity index (χ1v) is 8.70. The second kappa shape index (κ2) is 6.60. The number of ether oxygens (including phenoxy) is 2. The Morgan fingerprint density at radius 3 is 2.45 bits per heavy atom. The van der Waals surface area contributed by atoms with Gasteiger partial charge in [0.15, 0.2) is 5.79 Å². The van der Waals surface area contributed by atoms with Crippen LogP contribution in [-0.4, -0.2) is 46.2 Å². The summed E-state index contributed by atoms with van der Waals surface area (Å²) in [6.45, 7) is 0.659. The van der Waals surface area contributed by atoms with E-state index in [-0.39, 0.29) is 13.2 Å². The van der Waals surface area contributed by atoms with Gasteiger partial charge < -0.3 is 9.47 Å². The lowest BCUT2D eigenvalue weighted by atomic mass is 9.86. The molecule has 1 spiro atoms. The molecule has 0 amide bonds. The molecule has 22 heavy (non-hydrogen) atoms. The highest BCUT2D eigenvalue weighted by Gasteiger charge is 2.43. The highest BCUT2D eigenvalue weighted by molar-refractivity contribution is 7.87. The molecular weight excluding hydrogens is 325 g/mol. The van der Waals surface area contributed by atoms with E-state index in [4.69, 9.17) is 9.47 Å². The van der Waals surface area contributed by atoms with E-state index in [1.165, 1.54) is 4.72 Å². The largest absolute Gasteiger partial charge is 0.402 e. The lowest BCUT2D eigenvalue weighted by Crippen LogP contribution is -2.44. The van der Waals surface area contributed by atoms with Crippen LogP contribution in [0.3, 0.4) is 0 Å². The van der Waals surface area contributed by atoms with Gasteiger partial charge >= 0.3 is 6.18 Å². The molecule has 2 fully saturated rings. The minimum Gasteiger partial charge on any atom is -0.347 e. The van der Waals surface area contributed by atoms with E-state index in [1.54, 1.807) is 0 Å². The van der Waals surface area contributed by atoms with E-state index in [9.17, 15) is 21.6 Å². The molecule has 0 aromatic rings. The van der Waals surface area contributed by atoms with Crippen LogP contribution < -0.4 is 9.44 Å². The standard InChI is InChI=1S/C12H21F3N2O4S/c1-9-2-4-11(5-3-9)20-7-10(21-11)6-16-22(18,19)17-8-12(13,14)15/h9-10,16-17H,2-8H2,1H3/t9?,10-,11?/m0/s1. The molecule has 6 nitrogen and oxygen atoms in total. The molecule has 0 unspecified atom stereocenters. The van der Waals surface area contributed by atoms with E-state index in [2.05, 4.69) is 11.6 Å². The topological polar surface area (TPSA) is 76.7 Å². The maximum atomic E-state index is 12.0. The highest BCUT2D eigenvalue weighted by Crippen LogP contribution is 2.39. The molecule has 1 aliphatic carbocycles. The summed E-state index contributed by atoms with van der Waals surface area (Å²) >= 11 is 0. The van der Waals surface area contributed by atoms with E-state index in [0.717, 1.165) is 25.7 Å². The second-order valence-corrected chi connectivity index (χ2v) is 7.52. The predicted octanol–water partition coefficient (Wildman–Crippen LogP) is 1.29. The maximum Gasteiger partial charge on any atom is 0.402 e. The van der Waals surface area contributed by atoms with Gasteiger partial charge in [-0.25, -0.2) is 0 Å². The normalized spacial score (nSPS) is 33.5. The van der Waals surface area contributed by atoms with E-state index >= 15 is 0 Å². The van der Waals surface area contributed by atoms with Crippen LogP contribution in [-0.2, 0) is 19.7 Å². The zero-order valence-electron chi connectivity index (χ0n) is 12.3.